The minimum Gasteiger partial charge on any atom is -0.476 e. The fourth-order valence-corrected chi connectivity index (χ4v) is 4.33. The Morgan fingerprint density at radius 2 is 2.27 bits per heavy atom. The van der Waals surface area contributed by atoms with Crippen molar-refractivity contribution in [2.24, 2.45) is 5.16 Å². The van der Waals surface area contributed by atoms with Gasteiger partial charge in [0.2, 0.25) is 0 Å². The van der Waals surface area contributed by atoms with Crippen molar-refractivity contribution >= 4 is 45.0 Å². The number of oxime groups is 1. The monoisotopic (exact) mass is 338 g/mol. The lowest BCUT2D eigenvalue weighted by atomic mass is 10.1. The molecule has 0 amide bonds. The third kappa shape index (κ3) is 3.78. The van der Waals surface area contributed by atoms with Crippen molar-refractivity contribution in [2.45, 2.75) is 31.0 Å². The molecule has 7 heteroatoms. The molecule has 2 rings (SSSR count). The van der Waals surface area contributed by atoms with Crippen LogP contribution in [-0.2, 0) is 9.63 Å². The highest BCUT2D eigenvalue weighted by Crippen LogP contribution is 2.33. The van der Waals surface area contributed by atoms with Gasteiger partial charge in [-0.25, -0.2) is 9.78 Å². The molecule has 0 aliphatic heterocycles. The predicted molar refractivity (Wildman–Crippen MR) is 91.2 cm³/mol. The molecular formula is C15H18N2O3S2. The van der Waals surface area contributed by atoms with Crippen LogP contribution in [0.25, 0.3) is 10.2 Å². The summed E-state index contributed by atoms with van der Waals surface area (Å²) in [5.74, 6) is -0.107. The summed E-state index contributed by atoms with van der Waals surface area (Å²) in [4.78, 5) is 20.7. The maximum atomic E-state index is 11.4. The summed E-state index contributed by atoms with van der Waals surface area (Å²) in [5, 5.41) is 13.0. The Morgan fingerprint density at radius 1 is 1.50 bits per heavy atom. The highest BCUT2D eigenvalue weighted by molar-refractivity contribution is 8.01. The van der Waals surface area contributed by atoms with Gasteiger partial charge in [0.15, 0.2) is 10.1 Å². The minimum atomic E-state index is -1.12. The van der Waals surface area contributed by atoms with Gasteiger partial charge < -0.3 is 9.94 Å². The molecule has 0 atom stereocenters. The summed E-state index contributed by atoms with van der Waals surface area (Å²) in [6, 6.07) is 3.81. The molecule has 0 fully saturated rings. The first kappa shape index (κ1) is 16.8. The lowest BCUT2D eigenvalue weighted by Crippen LogP contribution is -2.15. The highest BCUT2D eigenvalue weighted by Gasteiger charge is 2.20. The Kier molecular flexibility index (Phi) is 5.79. The number of aryl methyl sites for hydroxylation is 1. The number of fused-ring (bicyclic) bond motifs is 1. The first-order chi connectivity index (χ1) is 10.6. The molecule has 22 heavy (non-hydrogen) atoms. The molecule has 1 N–H and O–H groups in total. The van der Waals surface area contributed by atoms with E-state index in [-0.39, 0.29) is 5.71 Å². The van der Waals surface area contributed by atoms with Crippen molar-refractivity contribution in [2.75, 3.05) is 12.9 Å². The number of carbonyl (C=O) groups is 1. The average Bonchev–Trinajstić information content (AvgIpc) is 2.86. The number of aliphatic carboxylic acids is 1. The molecule has 0 spiro atoms. The van der Waals surface area contributed by atoms with Gasteiger partial charge in [-0.2, -0.15) is 0 Å². The molecule has 0 bridgehead atoms. The van der Waals surface area contributed by atoms with Gasteiger partial charge in [0.05, 0.1) is 10.2 Å². The van der Waals surface area contributed by atoms with Crippen LogP contribution in [0.1, 0.15) is 30.9 Å². The lowest BCUT2D eigenvalue weighted by Gasteiger charge is -2.03. The van der Waals surface area contributed by atoms with Crippen molar-refractivity contribution in [3.8, 4) is 0 Å². The highest BCUT2D eigenvalue weighted by atomic mass is 32.2. The number of hydrogen-bond acceptors (Lipinski definition) is 6. The smallest absolute Gasteiger partial charge is 0.358 e. The van der Waals surface area contributed by atoms with Crippen LogP contribution in [0.15, 0.2) is 21.6 Å². The fourth-order valence-electron chi connectivity index (χ4n) is 1.99. The zero-order valence-corrected chi connectivity index (χ0v) is 14.4. The number of unbranched alkanes of at least 4 members (excludes halogenated alkanes) is 1. The maximum Gasteiger partial charge on any atom is 0.358 e. The number of thioether (sulfide) groups is 1. The first-order valence-corrected chi connectivity index (χ1v) is 8.75. The van der Waals surface area contributed by atoms with Crippen LogP contribution in [-0.4, -0.2) is 34.6 Å². The van der Waals surface area contributed by atoms with Crippen LogP contribution >= 0.6 is 23.1 Å². The van der Waals surface area contributed by atoms with Gasteiger partial charge in [0.1, 0.15) is 7.11 Å². The number of benzene rings is 1. The predicted octanol–water partition coefficient (Wildman–Crippen LogP) is 3.93. The van der Waals surface area contributed by atoms with Gasteiger partial charge in [0, 0.05) is 11.3 Å². The number of nitrogens with zero attached hydrogens (tertiary/aromatic N) is 2. The molecule has 0 saturated carbocycles. The molecule has 0 aliphatic carbocycles. The van der Waals surface area contributed by atoms with Crippen molar-refractivity contribution in [3.05, 3.63) is 23.3 Å². The van der Waals surface area contributed by atoms with Crippen molar-refractivity contribution in [3.63, 3.8) is 0 Å². The zero-order valence-electron chi connectivity index (χ0n) is 12.8. The largest absolute Gasteiger partial charge is 0.476 e. The SMILES string of the molecule is CCCCSc1nc2c(/C(=N\OC)C(=O)O)cc(C)cc2s1. The Hall–Kier alpha value is -1.60. The lowest BCUT2D eigenvalue weighted by molar-refractivity contribution is -0.129. The number of carboxylic acids is 1. The third-order valence-electron chi connectivity index (χ3n) is 2.98. The number of rotatable bonds is 7. The third-order valence-corrected chi connectivity index (χ3v) is 5.21. The summed E-state index contributed by atoms with van der Waals surface area (Å²) in [6.45, 7) is 4.08. The van der Waals surface area contributed by atoms with Crippen molar-refractivity contribution < 1.29 is 14.7 Å². The first-order valence-electron chi connectivity index (χ1n) is 6.95. The van der Waals surface area contributed by atoms with Crippen LogP contribution < -0.4 is 0 Å². The summed E-state index contributed by atoms with van der Waals surface area (Å²) in [5.41, 5.74) is 2.03. The zero-order chi connectivity index (χ0) is 16.1. The summed E-state index contributed by atoms with van der Waals surface area (Å²) < 4.78 is 1.93. The van der Waals surface area contributed by atoms with Gasteiger partial charge in [-0.3, -0.25) is 0 Å². The van der Waals surface area contributed by atoms with Gasteiger partial charge in [-0.15, -0.1) is 11.3 Å². The van der Waals surface area contributed by atoms with Crippen molar-refractivity contribution in [1.29, 1.82) is 0 Å². The molecule has 0 saturated heterocycles. The Bertz CT molecular complexity index is 710. The molecule has 2 aromatic rings. The average molecular weight is 338 g/mol. The van der Waals surface area contributed by atoms with Crippen LogP contribution in [0.3, 0.4) is 0 Å². The normalized spacial score (nSPS) is 11.9. The van der Waals surface area contributed by atoms with E-state index in [0.29, 0.717) is 11.1 Å². The second-order valence-corrected chi connectivity index (χ2v) is 7.14. The Morgan fingerprint density at radius 3 is 2.91 bits per heavy atom. The van der Waals surface area contributed by atoms with Crippen LogP contribution in [0.5, 0.6) is 0 Å². The molecule has 1 aromatic heterocycles. The van der Waals surface area contributed by atoms with E-state index in [2.05, 4.69) is 21.9 Å². The van der Waals surface area contributed by atoms with E-state index in [1.165, 1.54) is 7.11 Å². The van der Waals surface area contributed by atoms with E-state index in [0.717, 1.165) is 33.2 Å². The molecule has 118 valence electrons. The molecule has 5 nitrogen and oxygen atoms in total. The molecule has 0 aliphatic rings. The molecule has 0 radical (unpaired) electrons. The number of carboxylic acid groups (broad SMARTS) is 1. The van der Waals surface area contributed by atoms with Crippen molar-refractivity contribution in [1.82, 2.24) is 4.98 Å². The summed E-state index contributed by atoms with van der Waals surface area (Å²) >= 11 is 3.29. The fraction of sp³-hybridized carbons (Fsp3) is 0.400. The topological polar surface area (TPSA) is 71.8 Å². The molecule has 1 aromatic carbocycles. The van der Waals surface area contributed by atoms with E-state index >= 15 is 0 Å². The van der Waals surface area contributed by atoms with E-state index < -0.39 is 5.97 Å². The molecule has 0 unspecified atom stereocenters. The van der Waals surface area contributed by atoms with Crippen LogP contribution in [0.4, 0.5) is 0 Å². The number of thiazole rings is 1. The van der Waals surface area contributed by atoms with E-state index in [4.69, 9.17) is 0 Å². The summed E-state index contributed by atoms with van der Waals surface area (Å²) in [6.07, 6.45) is 2.28. The van der Waals surface area contributed by atoms with Gasteiger partial charge in [-0.05, 0) is 31.0 Å². The molecule has 1 heterocycles. The minimum absolute atomic E-state index is 0.119. The number of aromatic nitrogens is 1. The number of hydrogen-bond donors (Lipinski definition) is 1. The van der Waals surface area contributed by atoms with Crippen LogP contribution in [0.2, 0.25) is 0 Å². The second-order valence-electron chi connectivity index (χ2n) is 4.77. The maximum absolute atomic E-state index is 11.4. The second kappa shape index (κ2) is 7.60. The quantitative estimate of drug-likeness (QED) is 0.358. The van der Waals surface area contributed by atoms with Gasteiger partial charge >= 0.3 is 5.97 Å². The molecular weight excluding hydrogens is 320 g/mol. The van der Waals surface area contributed by atoms with E-state index in [9.17, 15) is 9.90 Å². The standard InChI is InChI=1S/C15H18N2O3S2/c1-4-5-6-21-15-16-12-10(13(14(18)19)17-20-3)7-9(2)8-11(12)22-15/h7-8H,4-6H2,1-3H3,(H,18,19)/b17-13+. The van der Waals surface area contributed by atoms with Gasteiger partial charge in [-0.1, -0.05) is 30.3 Å². The summed E-state index contributed by atoms with van der Waals surface area (Å²) in [7, 11) is 1.34. The van der Waals surface area contributed by atoms with E-state index in [1.807, 2.05) is 13.0 Å². The van der Waals surface area contributed by atoms with Crippen LogP contribution in [0, 0.1) is 6.92 Å². The Labute approximate surface area is 137 Å². The van der Waals surface area contributed by atoms with Gasteiger partial charge in [0.25, 0.3) is 0 Å². The Balaban J connectivity index is 2.49. The van der Waals surface area contributed by atoms with E-state index in [1.54, 1.807) is 29.2 Å².